The van der Waals surface area contributed by atoms with Crippen molar-refractivity contribution in [1.29, 1.82) is 0 Å². The Kier molecular flexibility index (Phi) is 5.87. The highest BCUT2D eigenvalue weighted by atomic mass is 35.5. The van der Waals surface area contributed by atoms with Crippen molar-refractivity contribution in [2.75, 3.05) is 6.61 Å². The van der Waals surface area contributed by atoms with E-state index in [1.807, 2.05) is 36.4 Å². The van der Waals surface area contributed by atoms with Crippen molar-refractivity contribution in [3.63, 3.8) is 0 Å². The Morgan fingerprint density at radius 3 is 2.11 bits per heavy atom. The van der Waals surface area contributed by atoms with Crippen molar-refractivity contribution in [3.8, 4) is 5.75 Å². The van der Waals surface area contributed by atoms with Crippen LogP contribution in [0.15, 0.2) is 48.5 Å². The lowest BCUT2D eigenvalue weighted by Crippen LogP contribution is -2.19. The van der Waals surface area contributed by atoms with E-state index in [4.69, 9.17) is 10.5 Å². The molecule has 0 aliphatic rings. The van der Waals surface area contributed by atoms with E-state index in [9.17, 15) is 0 Å². The van der Waals surface area contributed by atoms with Crippen LogP contribution in [-0.4, -0.2) is 6.61 Å². The molecule has 2 N–H and O–H groups in total. The summed E-state index contributed by atoms with van der Waals surface area (Å²) in [6.45, 7) is 4.60. The molecule has 3 heteroatoms. The van der Waals surface area contributed by atoms with Crippen molar-refractivity contribution >= 4 is 12.4 Å². The quantitative estimate of drug-likeness (QED) is 0.922. The number of hydrogen-bond acceptors (Lipinski definition) is 2. The summed E-state index contributed by atoms with van der Waals surface area (Å²) < 4.78 is 5.86. The van der Waals surface area contributed by atoms with Gasteiger partial charge in [-0.2, -0.15) is 0 Å². The number of ether oxygens (including phenoxy) is 1. The standard InChI is InChI=1S/C16H19NO.ClH/c1-12-7-6-8-13(2)16(12)18-11-15(17)14-9-4-3-5-10-14;/h3-10,15H,11,17H2,1-2H3;1H. The second-order valence-corrected chi connectivity index (χ2v) is 4.55. The Balaban J connectivity index is 0.00000180. The zero-order chi connectivity index (χ0) is 13.0. The molecule has 1 atom stereocenters. The number of benzene rings is 2. The normalized spacial score (nSPS) is 11.5. The molecule has 0 radical (unpaired) electrons. The van der Waals surface area contributed by atoms with Crippen LogP contribution in [0.25, 0.3) is 0 Å². The summed E-state index contributed by atoms with van der Waals surface area (Å²) in [5, 5.41) is 0. The van der Waals surface area contributed by atoms with E-state index in [-0.39, 0.29) is 18.4 Å². The van der Waals surface area contributed by atoms with Gasteiger partial charge in [0.25, 0.3) is 0 Å². The van der Waals surface area contributed by atoms with E-state index in [0.29, 0.717) is 6.61 Å². The van der Waals surface area contributed by atoms with Gasteiger partial charge in [0, 0.05) is 0 Å². The third-order valence-corrected chi connectivity index (χ3v) is 3.04. The second-order valence-electron chi connectivity index (χ2n) is 4.55. The summed E-state index contributed by atoms with van der Waals surface area (Å²) in [7, 11) is 0. The largest absolute Gasteiger partial charge is 0.491 e. The van der Waals surface area contributed by atoms with Gasteiger partial charge in [-0.05, 0) is 30.5 Å². The molecule has 2 nitrogen and oxygen atoms in total. The summed E-state index contributed by atoms with van der Waals surface area (Å²) in [5.41, 5.74) is 9.52. The molecule has 0 bridgehead atoms. The van der Waals surface area contributed by atoms with Crippen LogP contribution in [0.4, 0.5) is 0 Å². The molecule has 2 rings (SSSR count). The zero-order valence-electron chi connectivity index (χ0n) is 11.3. The lowest BCUT2D eigenvalue weighted by atomic mass is 10.1. The molecule has 0 aliphatic heterocycles. The molecule has 0 amide bonds. The van der Waals surface area contributed by atoms with Gasteiger partial charge < -0.3 is 10.5 Å². The van der Waals surface area contributed by atoms with Crippen LogP contribution in [-0.2, 0) is 0 Å². The topological polar surface area (TPSA) is 35.2 Å². The van der Waals surface area contributed by atoms with Crippen molar-refractivity contribution < 1.29 is 4.74 Å². The van der Waals surface area contributed by atoms with Crippen LogP contribution in [0, 0.1) is 13.8 Å². The molecule has 0 saturated heterocycles. The number of aryl methyl sites for hydroxylation is 2. The van der Waals surface area contributed by atoms with Gasteiger partial charge in [0.05, 0.1) is 6.04 Å². The van der Waals surface area contributed by atoms with E-state index in [0.717, 1.165) is 22.4 Å². The van der Waals surface area contributed by atoms with Gasteiger partial charge in [0.1, 0.15) is 12.4 Å². The first-order valence-electron chi connectivity index (χ1n) is 6.18. The maximum Gasteiger partial charge on any atom is 0.125 e. The predicted molar refractivity (Wildman–Crippen MR) is 82.0 cm³/mol. The van der Waals surface area contributed by atoms with Crippen LogP contribution in [0.2, 0.25) is 0 Å². The molecule has 0 saturated carbocycles. The minimum absolute atomic E-state index is 0. The fourth-order valence-corrected chi connectivity index (χ4v) is 2.00. The van der Waals surface area contributed by atoms with Crippen LogP contribution < -0.4 is 10.5 Å². The van der Waals surface area contributed by atoms with E-state index in [1.54, 1.807) is 0 Å². The van der Waals surface area contributed by atoms with Gasteiger partial charge in [-0.3, -0.25) is 0 Å². The summed E-state index contributed by atoms with van der Waals surface area (Å²) in [6.07, 6.45) is 0. The first-order chi connectivity index (χ1) is 8.68. The third kappa shape index (κ3) is 3.98. The monoisotopic (exact) mass is 277 g/mol. The molecule has 102 valence electrons. The Morgan fingerprint density at radius 1 is 0.947 bits per heavy atom. The molecular weight excluding hydrogens is 258 g/mol. The highest BCUT2D eigenvalue weighted by Crippen LogP contribution is 2.23. The van der Waals surface area contributed by atoms with Gasteiger partial charge >= 0.3 is 0 Å². The number of rotatable bonds is 4. The lowest BCUT2D eigenvalue weighted by Gasteiger charge is -2.16. The zero-order valence-corrected chi connectivity index (χ0v) is 12.1. The molecule has 2 aromatic rings. The molecule has 0 spiro atoms. The summed E-state index contributed by atoms with van der Waals surface area (Å²) in [5.74, 6) is 0.948. The average Bonchev–Trinajstić information content (AvgIpc) is 2.39. The molecule has 19 heavy (non-hydrogen) atoms. The average molecular weight is 278 g/mol. The minimum atomic E-state index is -0.0924. The van der Waals surface area contributed by atoms with E-state index in [2.05, 4.69) is 26.0 Å². The Hall–Kier alpha value is -1.51. The smallest absolute Gasteiger partial charge is 0.125 e. The Labute approximate surface area is 121 Å². The predicted octanol–water partition coefficient (Wildman–Crippen LogP) is 3.80. The minimum Gasteiger partial charge on any atom is -0.491 e. The first kappa shape index (κ1) is 15.5. The van der Waals surface area contributed by atoms with Crippen molar-refractivity contribution in [3.05, 3.63) is 65.2 Å². The molecule has 0 fully saturated rings. The van der Waals surface area contributed by atoms with Gasteiger partial charge in [-0.25, -0.2) is 0 Å². The van der Waals surface area contributed by atoms with Crippen molar-refractivity contribution in [2.24, 2.45) is 5.73 Å². The van der Waals surface area contributed by atoms with Gasteiger partial charge in [-0.1, -0.05) is 48.5 Å². The SMILES string of the molecule is Cc1cccc(C)c1OCC(N)c1ccccc1.Cl. The highest BCUT2D eigenvalue weighted by molar-refractivity contribution is 5.85. The number of halogens is 1. The van der Waals surface area contributed by atoms with Crippen LogP contribution in [0.3, 0.4) is 0 Å². The number of nitrogens with two attached hydrogens (primary N) is 1. The van der Waals surface area contributed by atoms with E-state index in [1.165, 1.54) is 0 Å². The van der Waals surface area contributed by atoms with Gasteiger partial charge in [-0.15, -0.1) is 12.4 Å². The summed E-state index contributed by atoms with van der Waals surface area (Å²) in [4.78, 5) is 0. The summed E-state index contributed by atoms with van der Waals surface area (Å²) in [6, 6.07) is 16.1. The third-order valence-electron chi connectivity index (χ3n) is 3.04. The van der Waals surface area contributed by atoms with Crippen LogP contribution in [0.1, 0.15) is 22.7 Å². The Morgan fingerprint density at radius 2 is 1.53 bits per heavy atom. The molecule has 0 heterocycles. The van der Waals surface area contributed by atoms with Crippen molar-refractivity contribution in [2.45, 2.75) is 19.9 Å². The maximum atomic E-state index is 6.12. The van der Waals surface area contributed by atoms with Crippen molar-refractivity contribution in [1.82, 2.24) is 0 Å². The fraction of sp³-hybridized carbons (Fsp3) is 0.250. The van der Waals surface area contributed by atoms with Gasteiger partial charge in [0.2, 0.25) is 0 Å². The second kappa shape index (κ2) is 7.17. The Bertz CT molecular complexity index is 493. The highest BCUT2D eigenvalue weighted by Gasteiger charge is 2.08. The molecule has 2 aromatic carbocycles. The first-order valence-corrected chi connectivity index (χ1v) is 6.18. The van der Waals surface area contributed by atoms with E-state index >= 15 is 0 Å². The maximum absolute atomic E-state index is 6.12. The molecular formula is C16H20ClNO. The number of hydrogen-bond donors (Lipinski definition) is 1. The molecule has 1 unspecified atom stereocenters. The van der Waals surface area contributed by atoms with Gasteiger partial charge in [0.15, 0.2) is 0 Å². The molecule has 0 aromatic heterocycles. The fourth-order valence-electron chi connectivity index (χ4n) is 2.00. The van der Waals surface area contributed by atoms with E-state index < -0.39 is 0 Å². The number of para-hydroxylation sites is 1. The lowest BCUT2D eigenvalue weighted by molar-refractivity contribution is 0.287. The molecule has 0 aliphatic carbocycles. The summed E-state index contributed by atoms with van der Waals surface area (Å²) >= 11 is 0. The van der Waals surface area contributed by atoms with Crippen LogP contribution in [0.5, 0.6) is 5.75 Å². The van der Waals surface area contributed by atoms with Crippen LogP contribution >= 0.6 is 12.4 Å².